The Morgan fingerprint density at radius 2 is 1.67 bits per heavy atom. The van der Waals surface area contributed by atoms with Crippen LogP contribution >= 0.6 is 0 Å². The van der Waals surface area contributed by atoms with Gasteiger partial charge >= 0.3 is 0 Å². The summed E-state index contributed by atoms with van der Waals surface area (Å²) in [7, 11) is 0. The Bertz CT molecular complexity index is 594. The maximum absolute atomic E-state index is 10.5. The number of nitrogens with zero attached hydrogens (tertiary/aromatic N) is 1. The lowest BCUT2D eigenvalue weighted by molar-refractivity contribution is 0.105. The van der Waals surface area contributed by atoms with E-state index in [2.05, 4.69) is 62.1 Å². The second-order valence-electron chi connectivity index (χ2n) is 7.25. The van der Waals surface area contributed by atoms with Gasteiger partial charge in [-0.1, -0.05) is 74.0 Å². The van der Waals surface area contributed by atoms with Crippen molar-refractivity contribution in [2.24, 2.45) is 5.92 Å². The first-order chi connectivity index (χ1) is 11.5. The first kappa shape index (κ1) is 18.7. The summed E-state index contributed by atoms with van der Waals surface area (Å²) in [6.45, 7) is 9.29. The smallest absolute Gasteiger partial charge is 0.0707 e. The lowest BCUT2D eigenvalue weighted by Gasteiger charge is -2.26. The molecule has 24 heavy (non-hydrogen) atoms. The summed E-state index contributed by atoms with van der Waals surface area (Å²) < 4.78 is 0. The van der Waals surface area contributed by atoms with Gasteiger partial charge in [0, 0.05) is 13.1 Å². The number of benzene rings is 2. The molecule has 2 heteroatoms. The Morgan fingerprint density at radius 1 is 0.958 bits per heavy atom. The minimum Gasteiger partial charge on any atom is -0.391 e. The summed E-state index contributed by atoms with van der Waals surface area (Å²) in [5.41, 5.74) is 3.82. The zero-order valence-electron chi connectivity index (χ0n) is 15.3. The van der Waals surface area contributed by atoms with Crippen molar-refractivity contribution in [3.63, 3.8) is 0 Å². The number of hydrogen-bond donors (Lipinski definition) is 1. The zero-order valence-corrected chi connectivity index (χ0v) is 15.3. The molecule has 0 heterocycles. The third-order valence-corrected chi connectivity index (χ3v) is 4.29. The molecule has 0 aliphatic rings. The Hall–Kier alpha value is -1.64. The van der Waals surface area contributed by atoms with Crippen molar-refractivity contribution in [2.75, 3.05) is 13.1 Å². The van der Waals surface area contributed by atoms with Gasteiger partial charge in [0.15, 0.2) is 0 Å². The van der Waals surface area contributed by atoms with Gasteiger partial charge in [-0.3, -0.25) is 4.90 Å². The van der Waals surface area contributed by atoms with Crippen LogP contribution in [0.1, 0.15) is 37.0 Å². The summed E-state index contributed by atoms with van der Waals surface area (Å²) in [4.78, 5) is 2.39. The number of rotatable bonds is 9. The molecular formula is C22H31NO. The molecule has 0 spiro atoms. The van der Waals surface area contributed by atoms with Crippen LogP contribution in [0.3, 0.4) is 0 Å². The SMILES string of the molecule is Cc1cccc(CN(CCC(C)C)C[C@H](O)Cc2ccccc2)c1. The lowest BCUT2D eigenvalue weighted by atomic mass is 10.1. The minimum absolute atomic E-state index is 0.329. The quantitative estimate of drug-likeness (QED) is 0.736. The summed E-state index contributed by atoms with van der Waals surface area (Å²) in [6.07, 6.45) is 1.54. The summed E-state index contributed by atoms with van der Waals surface area (Å²) in [6, 6.07) is 18.9. The molecule has 0 bridgehead atoms. The molecule has 0 aliphatic carbocycles. The van der Waals surface area contributed by atoms with E-state index >= 15 is 0 Å². The fraction of sp³-hybridized carbons (Fsp3) is 0.455. The highest BCUT2D eigenvalue weighted by atomic mass is 16.3. The molecule has 0 unspecified atom stereocenters. The molecule has 2 nitrogen and oxygen atoms in total. The third kappa shape index (κ3) is 6.86. The Morgan fingerprint density at radius 3 is 2.33 bits per heavy atom. The van der Waals surface area contributed by atoms with Crippen molar-refractivity contribution >= 4 is 0 Å². The second kappa shape index (κ2) is 9.61. The van der Waals surface area contributed by atoms with Crippen LogP contribution in [0.2, 0.25) is 0 Å². The van der Waals surface area contributed by atoms with Crippen LogP contribution in [0.25, 0.3) is 0 Å². The molecule has 0 fully saturated rings. The van der Waals surface area contributed by atoms with Crippen LogP contribution in [0.4, 0.5) is 0 Å². The minimum atomic E-state index is -0.329. The standard InChI is InChI=1S/C22H31NO/c1-18(2)12-13-23(16-21-11-7-8-19(3)14-21)17-22(24)15-20-9-5-4-6-10-20/h4-11,14,18,22,24H,12-13,15-17H2,1-3H3/t22-/m1/s1. The van der Waals surface area contributed by atoms with E-state index in [9.17, 15) is 5.11 Å². The average Bonchev–Trinajstić information content (AvgIpc) is 2.53. The van der Waals surface area contributed by atoms with E-state index in [0.29, 0.717) is 12.3 Å². The van der Waals surface area contributed by atoms with Gasteiger partial charge in [-0.2, -0.15) is 0 Å². The monoisotopic (exact) mass is 325 g/mol. The fourth-order valence-electron chi connectivity index (χ4n) is 2.99. The van der Waals surface area contributed by atoms with Crippen LogP contribution < -0.4 is 0 Å². The normalized spacial score (nSPS) is 12.8. The third-order valence-electron chi connectivity index (χ3n) is 4.29. The predicted molar refractivity (Wildman–Crippen MR) is 102 cm³/mol. The maximum Gasteiger partial charge on any atom is 0.0707 e. The second-order valence-corrected chi connectivity index (χ2v) is 7.25. The Balaban J connectivity index is 1.96. The van der Waals surface area contributed by atoms with Gasteiger partial charge in [-0.15, -0.1) is 0 Å². The number of aryl methyl sites for hydroxylation is 1. The first-order valence-corrected chi connectivity index (χ1v) is 9.03. The van der Waals surface area contributed by atoms with Gasteiger partial charge in [-0.05, 0) is 43.4 Å². The largest absolute Gasteiger partial charge is 0.391 e. The van der Waals surface area contributed by atoms with Gasteiger partial charge in [-0.25, -0.2) is 0 Å². The molecule has 2 aromatic carbocycles. The zero-order chi connectivity index (χ0) is 17.4. The van der Waals surface area contributed by atoms with Crippen LogP contribution in [-0.2, 0) is 13.0 Å². The van der Waals surface area contributed by atoms with E-state index in [1.807, 2.05) is 18.2 Å². The molecule has 0 radical (unpaired) electrons. The van der Waals surface area contributed by atoms with E-state index in [1.165, 1.54) is 16.7 Å². The molecule has 130 valence electrons. The van der Waals surface area contributed by atoms with Crippen molar-refractivity contribution in [3.8, 4) is 0 Å². The molecular weight excluding hydrogens is 294 g/mol. The Labute approximate surface area is 147 Å². The van der Waals surface area contributed by atoms with Crippen molar-refractivity contribution in [3.05, 3.63) is 71.3 Å². The van der Waals surface area contributed by atoms with Crippen molar-refractivity contribution in [1.29, 1.82) is 0 Å². The van der Waals surface area contributed by atoms with Crippen molar-refractivity contribution in [2.45, 2.75) is 46.3 Å². The number of hydrogen-bond acceptors (Lipinski definition) is 2. The van der Waals surface area contributed by atoms with Gasteiger partial charge in [0.2, 0.25) is 0 Å². The fourth-order valence-corrected chi connectivity index (χ4v) is 2.99. The van der Waals surface area contributed by atoms with Crippen LogP contribution in [-0.4, -0.2) is 29.2 Å². The molecule has 0 amide bonds. The van der Waals surface area contributed by atoms with E-state index in [4.69, 9.17) is 0 Å². The predicted octanol–water partition coefficient (Wildman–Crippen LogP) is 4.45. The lowest BCUT2D eigenvalue weighted by Crippen LogP contribution is -2.34. The van der Waals surface area contributed by atoms with Crippen LogP contribution in [0.15, 0.2) is 54.6 Å². The van der Waals surface area contributed by atoms with Gasteiger partial charge in [0.05, 0.1) is 6.10 Å². The van der Waals surface area contributed by atoms with E-state index in [0.717, 1.165) is 26.1 Å². The highest BCUT2D eigenvalue weighted by molar-refractivity contribution is 5.22. The van der Waals surface area contributed by atoms with E-state index in [-0.39, 0.29) is 6.10 Å². The highest BCUT2D eigenvalue weighted by Crippen LogP contribution is 2.12. The van der Waals surface area contributed by atoms with Gasteiger partial charge < -0.3 is 5.11 Å². The molecule has 0 saturated carbocycles. The van der Waals surface area contributed by atoms with Crippen molar-refractivity contribution < 1.29 is 5.11 Å². The maximum atomic E-state index is 10.5. The molecule has 2 rings (SSSR count). The van der Waals surface area contributed by atoms with Crippen LogP contribution in [0.5, 0.6) is 0 Å². The van der Waals surface area contributed by atoms with E-state index in [1.54, 1.807) is 0 Å². The first-order valence-electron chi connectivity index (χ1n) is 9.03. The highest BCUT2D eigenvalue weighted by Gasteiger charge is 2.13. The molecule has 1 atom stereocenters. The van der Waals surface area contributed by atoms with Gasteiger partial charge in [0.1, 0.15) is 0 Å². The number of aliphatic hydroxyl groups excluding tert-OH is 1. The topological polar surface area (TPSA) is 23.5 Å². The molecule has 0 aliphatic heterocycles. The Kier molecular flexibility index (Phi) is 7.48. The molecule has 2 aromatic rings. The van der Waals surface area contributed by atoms with E-state index < -0.39 is 0 Å². The van der Waals surface area contributed by atoms with Gasteiger partial charge in [0.25, 0.3) is 0 Å². The molecule has 0 aromatic heterocycles. The summed E-state index contributed by atoms with van der Waals surface area (Å²) >= 11 is 0. The van der Waals surface area contributed by atoms with Crippen LogP contribution in [0, 0.1) is 12.8 Å². The molecule has 1 N–H and O–H groups in total. The number of aliphatic hydroxyl groups is 1. The average molecular weight is 325 g/mol. The summed E-state index contributed by atoms with van der Waals surface area (Å²) in [5, 5.41) is 10.5. The molecule has 0 saturated heterocycles. The summed E-state index contributed by atoms with van der Waals surface area (Å²) in [5.74, 6) is 0.677. The van der Waals surface area contributed by atoms with Crippen molar-refractivity contribution in [1.82, 2.24) is 4.90 Å².